The molecule has 3 rings (SSSR count). The van der Waals surface area contributed by atoms with Crippen molar-refractivity contribution in [3.8, 4) is 11.8 Å². The van der Waals surface area contributed by atoms with Crippen LogP contribution in [0.4, 0.5) is 0 Å². The summed E-state index contributed by atoms with van der Waals surface area (Å²) in [4.78, 5) is 0.335. The molecule has 0 saturated carbocycles. The SMILES string of the molecule is CC1=C(C)CC(CN(CC#CC2=CCCCC2)S(=O)(=O)c2ccc(C)cc2)=CC1. The maximum absolute atomic E-state index is 13.3. The van der Waals surface area contributed by atoms with Crippen LogP contribution in [0.5, 0.6) is 0 Å². The molecule has 1 aromatic carbocycles. The van der Waals surface area contributed by atoms with Crippen LogP contribution in [0.15, 0.2) is 63.6 Å². The average molecular weight is 410 g/mol. The van der Waals surface area contributed by atoms with Crippen LogP contribution in [0, 0.1) is 18.8 Å². The fraction of sp³-hybridized carbons (Fsp3) is 0.440. The van der Waals surface area contributed by atoms with Crippen molar-refractivity contribution < 1.29 is 8.42 Å². The average Bonchev–Trinajstić information content (AvgIpc) is 2.71. The molecule has 2 aliphatic carbocycles. The first-order valence-electron chi connectivity index (χ1n) is 10.4. The zero-order valence-corrected chi connectivity index (χ0v) is 18.6. The Bertz CT molecular complexity index is 999. The first kappa shape index (κ1) is 21.6. The summed E-state index contributed by atoms with van der Waals surface area (Å²) < 4.78 is 28.2. The van der Waals surface area contributed by atoms with Crippen molar-refractivity contribution >= 4 is 10.0 Å². The van der Waals surface area contributed by atoms with Crippen molar-refractivity contribution in [2.45, 2.75) is 64.2 Å². The quantitative estimate of drug-likeness (QED) is 0.472. The van der Waals surface area contributed by atoms with Gasteiger partial charge in [0, 0.05) is 6.54 Å². The third kappa shape index (κ3) is 5.72. The molecular formula is C25H31NO2S. The van der Waals surface area contributed by atoms with Gasteiger partial charge in [-0.15, -0.1) is 0 Å². The molecule has 1 aromatic rings. The standard InChI is InChI=1S/C25H31NO2S/c1-20-11-15-25(16-12-20)29(27,28)26(17-7-10-23-8-5-4-6-9-23)19-24-14-13-21(2)22(3)18-24/h8,11-12,14-16H,4-6,9,13,17-19H2,1-3H3. The number of benzene rings is 1. The van der Waals surface area contributed by atoms with Crippen LogP contribution in [0.1, 0.15) is 57.9 Å². The van der Waals surface area contributed by atoms with E-state index < -0.39 is 10.0 Å². The minimum absolute atomic E-state index is 0.215. The summed E-state index contributed by atoms with van der Waals surface area (Å²) in [5, 5.41) is 0. The Hall–Kier alpha value is -2.09. The van der Waals surface area contributed by atoms with Gasteiger partial charge in [0.2, 0.25) is 10.0 Å². The van der Waals surface area contributed by atoms with E-state index in [1.807, 2.05) is 19.1 Å². The fourth-order valence-corrected chi connectivity index (χ4v) is 5.01. The van der Waals surface area contributed by atoms with Crippen molar-refractivity contribution in [3.05, 3.63) is 64.3 Å². The number of rotatable bonds is 5. The molecule has 0 amide bonds. The highest BCUT2D eigenvalue weighted by Gasteiger charge is 2.25. The van der Waals surface area contributed by atoms with Crippen LogP contribution in [0.2, 0.25) is 0 Å². The van der Waals surface area contributed by atoms with E-state index in [-0.39, 0.29) is 6.54 Å². The fourth-order valence-electron chi connectivity index (χ4n) is 3.66. The Morgan fingerprint density at radius 1 is 1.00 bits per heavy atom. The molecule has 0 atom stereocenters. The van der Waals surface area contributed by atoms with Gasteiger partial charge in [-0.3, -0.25) is 0 Å². The van der Waals surface area contributed by atoms with Crippen molar-refractivity contribution in [1.29, 1.82) is 0 Å². The van der Waals surface area contributed by atoms with Gasteiger partial charge in [0.1, 0.15) is 0 Å². The van der Waals surface area contributed by atoms with E-state index in [1.54, 1.807) is 12.1 Å². The van der Waals surface area contributed by atoms with Gasteiger partial charge in [0.15, 0.2) is 0 Å². The molecule has 0 saturated heterocycles. The number of aryl methyl sites for hydroxylation is 1. The van der Waals surface area contributed by atoms with Gasteiger partial charge in [-0.05, 0) is 77.0 Å². The van der Waals surface area contributed by atoms with Crippen LogP contribution >= 0.6 is 0 Å². The van der Waals surface area contributed by atoms with Crippen molar-refractivity contribution in [2.24, 2.45) is 0 Å². The van der Waals surface area contributed by atoms with E-state index in [0.29, 0.717) is 11.4 Å². The lowest BCUT2D eigenvalue weighted by Crippen LogP contribution is -2.33. The molecular weight excluding hydrogens is 378 g/mol. The second-order valence-corrected chi connectivity index (χ2v) is 10.1. The Morgan fingerprint density at radius 3 is 2.41 bits per heavy atom. The lowest BCUT2D eigenvalue weighted by molar-refractivity contribution is 0.467. The van der Waals surface area contributed by atoms with Crippen LogP contribution in [0.3, 0.4) is 0 Å². The van der Waals surface area contributed by atoms with E-state index in [0.717, 1.165) is 42.4 Å². The molecule has 0 aliphatic heterocycles. The molecule has 0 radical (unpaired) electrons. The highest BCUT2D eigenvalue weighted by atomic mass is 32.2. The maximum Gasteiger partial charge on any atom is 0.244 e. The van der Waals surface area contributed by atoms with Gasteiger partial charge in [-0.1, -0.05) is 58.4 Å². The van der Waals surface area contributed by atoms with E-state index in [4.69, 9.17) is 0 Å². The second-order valence-electron chi connectivity index (χ2n) is 8.17. The van der Waals surface area contributed by atoms with Gasteiger partial charge < -0.3 is 0 Å². The van der Waals surface area contributed by atoms with Gasteiger partial charge >= 0.3 is 0 Å². The van der Waals surface area contributed by atoms with E-state index in [1.165, 1.54) is 28.3 Å². The Labute approximate surface area is 176 Å². The van der Waals surface area contributed by atoms with Crippen LogP contribution in [-0.4, -0.2) is 25.8 Å². The van der Waals surface area contributed by atoms with Crippen molar-refractivity contribution in [1.82, 2.24) is 4.31 Å². The Morgan fingerprint density at radius 2 is 1.76 bits per heavy atom. The number of hydrogen-bond donors (Lipinski definition) is 0. The van der Waals surface area contributed by atoms with Crippen LogP contribution < -0.4 is 0 Å². The molecule has 0 bridgehead atoms. The zero-order valence-electron chi connectivity index (χ0n) is 17.8. The number of sulfonamides is 1. The summed E-state index contributed by atoms with van der Waals surface area (Å²) >= 11 is 0. The molecule has 2 aliphatic rings. The molecule has 3 nitrogen and oxygen atoms in total. The highest BCUT2D eigenvalue weighted by Crippen LogP contribution is 2.26. The highest BCUT2D eigenvalue weighted by molar-refractivity contribution is 7.89. The number of hydrogen-bond acceptors (Lipinski definition) is 2. The van der Waals surface area contributed by atoms with Crippen LogP contribution in [0.25, 0.3) is 0 Å². The van der Waals surface area contributed by atoms with E-state index in [2.05, 4.69) is 37.8 Å². The van der Waals surface area contributed by atoms with E-state index in [9.17, 15) is 8.42 Å². The van der Waals surface area contributed by atoms with Gasteiger partial charge in [0.25, 0.3) is 0 Å². The predicted molar refractivity (Wildman–Crippen MR) is 120 cm³/mol. The van der Waals surface area contributed by atoms with Gasteiger partial charge in [-0.2, -0.15) is 4.31 Å². The maximum atomic E-state index is 13.3. The molecule has 29 heavy (non-hydrogen) atoms. The summed E-state index contributed by atoms with van der Waals surface area (Å²) in [6.07, 6.45) is 10.6. The molecule has 0 heterocycles. The Kier molecular flexibility index (Phi) is 7.16. The molecule has 0 aromatic heterocycles. The third-order valence-electron chi connectivity index (χ3n) is 5.75. The van der Waals surface area contributed by atoms with Gasteiger partial charge in [-0.25, -0.2) is 8.42 Å². The molecule has 154 valence electrons. The largest absolute Gasteiger partial charge is 0.244 e. The lowest BCUT2D eigenvalue weighted by atomic mass is 9.93. The summed E-state index contributed by atoms with van der Waals surface area (Å²) in [7, 11) is -3.60. The van der Waals surface area contributed by atoms with Crippen molar-refractivity contribution in [3.63, 3.8) is 0 Å². The molecule has 0 unspecified atom stereocenters. The summed E-state index contributed by atoms with van der Waals surface area (Å²) in [6, 6.07) is 7.08. The summed E-state index contributed by atoms with van der Waals surface area (Å²) in [5.74, 6) is 6.36. The lowest BCUT2D eigenvalue weighted by Gasteiger charge is -2.24. The van der Waals surface area contributed by atoms with Gasteiger partial charge in [0.05, 0.1) is 11.4 Å². The summed E-state index contributed by atoms with van der Waals surface area (Å²) in [5.41, 5.74) is 6.07. The smallest absolute Gasteiger partial charge is 0.207 e. The van der Waals surface area contributed by atoms with Crippen LogP contribution in [-0.2, 0) is 10.0 Å². The molecule has 0 N–H and O–H groups in total. The number of allylic oxidation sites excluding steroid dienone is 5. The molecule has 4 heteroatoms. The minimum Gasteiger partial charge on any atom is -0.207 e. The summed E-state index contributed by atoms with van der Waals surface area (Å²) in [6.45, 7) is 6.85. The molecule has 0 fully saturated rings. The predicted octanol–water partition coefficient (Wildman–Crippen LogP) is 5.55. The first-order valence-corrected chi connectivity index (χ1v) is 11.9. The minimum atomic E-state index is -3.60. The number of nitrogens with zero attached hydrogens (tertiary/aromatic N) is 1. The van der Waals surface area contributed by atoms with Crippen molar-refractivity contribution in [2.75, 3.05) is 13.1 Å². The monoisotopic (exact) mass is 409 g/mol. The van der Waals surface area contributed by atoms with E-state index >= 15 is 0 Å². The second kappa shape index (κ2) is 9.61. The first-order chi connectivity index (χ1) is 13.9. The zero-order chi connectivity index (χ0) is 20.9. The third-order valence-corrected chi connectivity index (χ3v) is 7.56. The topological polar surface area (TPSA) is 37.4 Å². The Balaban J connectivity index is 1.83. The molecule has 0 spiro atoms. The normalized spacial score (nSPS) is 17.5.